The number of hydrogen-bond acceptors (Lipinski definition) is 2. The van der Waals surface area contributed by atoms with Crippen LogP contribution in [0.3, 0.4) is 0 Å². The maximum Gasteiger partial charge on any atom is 0.364 e. The molecule has 9 heteroatoms. The molecule has 3 aliphatic carbocycles. The Hall–Kier alpha value is -0.570. The zero-order chi connectivity index (χ0) is 24.6. The molecule has 1 heterocycles. The van der Waals surface area contributed by atoms with E-state index < -0.39 is 67.7 Å². The van der Waals surface area contributed by atoms with Gasteiger partial charge in [0.05, 0.1) is 18.8 Å². The van der Waals surface area contributed by atoms with Crippen molar-refractivity contribution < 1.29 is 40.2 Å². The third-order valence-electron chi connectivity index (χ3n) is 8.81. The predicted molar refractivity (Wildman–Crippen MR) is 113 cm³/mol. The van der Waals surface area contributed by atoms with E-state index in [2.05, 4.69) is 11.7 Å². The van der Waals surface area contributed by atoms with Crippen LogP contribution in [0.5, 0.6) is 0 Å². The van der Waals surface area contributed by atoms with Crippen molar-refractivity contribution in [2.24, 2.45) is 29.6 Å². The number of alkyl halides is 7. The van der Waals surface area contributed by atoms with Crippen molar-refractivity contribution >= 4 is 0 Å². The number of rotatable bonds is 5. The summed E-state index contributed by atoms with van der Waals surface area (Å²) in [5.41, 5.74) is 0. The molecular weight excluding hydrogens is 465 g/mol. The Morgan fingerprint density at radius 3 is 1.76 bits per heavy atom. The lowest BCUT2D eigenvalue weighted by Gasteiger charge is -2.44. The minimum Gasteiger partial charge on any atom is -0.378 e. The van der Waals surface area contributed by atoms with Gasteiger partial charge in [-0.25, -0.2) is 22.0 Å². The molecule has 4 aliphatic rings. The van der Waals surface area contributed by atoms with Gasteiger partial charge >= 0.3 is 6.11 Å². The van der Waals surface area contributed by atoms with Crippen molar-refractivity contribution in [3.8, 4) is 0 Å². The number of ether oxygens (including phenoxy) is 2. The van der Waals surface area contributed by atoms with E-state index in [1.54, 1.807) is 0 Å². The van der Waals surface area contributed by atoms with Gasteiger partial charge in [0.2, 0.25) is 0 Å². The summed E-state index contributed by atoms with van der Waals surface area (Å²) in [6, 6.07) is 0. The molecule has 0 spiro atoms. The minimum atomic E-state index is -4.24. The van der Waals surface area contributed by atoms with E-state index in [0.29, 0.717) is 24.9 Å². The van der Waals surface area contributed by atoms with Gasteiger partial charge in [0.25, 0.3) is 0 Å². The van der Waals surface area contributed by atoms with Gasteiger partial charge < -0.3 is 9.47 Å². The molecule has 4 rings (SSSR count). The highest BCUT2D eigenvalue weighted by Crippen LogP contribution is 2.47. The normalized spacial score (nSPS) is 49.1. The summed E-state index contributed by atoms with van der Waals surface area (Å²) in [5, 5.41) is 0. The molecular formula is C25H37F7O2. The first-order valence-corrected chi connectivity index (χ1v) is 12.9. The van der Waals surface area contributed by atoms with Crippen molar-refractivity contribution in [1.82, 2.24) is 0 Å². The van der Waals surface area contributed by atoms with Crippen LogP contribution in [0, 0.1) is 29.6 Å². The van der Waals surface area contributed by atoms with Crippen molar-refractivity contribution in [2.45, 2.75) is 120 Å². The standard InChI is InChI=1S/C25H37F7O2/c1-13-2-4-14(5-3-13)15-6-7-22(33-12-15)16-8-18(26)23(19(27)9-16)25(31,32)34-17-10-20(28)24(30)21(29)11-17/h13-24H,2-12H2,1H3. The summed E-state index contributed by atoms with van der Waals surface area (Å²) in [4.78, 5) is 0. The molecule has 0 amide bonds. The Kier molecular flexibility index (Phi) is 8.43. The monoisotopic (exact) mass is 502 g/mol. The van der Waals surface area contributed by atoms with Gasteiger partial charge in [0, 0.05) is 12.8 Å². The average molecular weight is 503 g/mol. The van der Waals surface area contributed by atoms with E-state index in [1.165, 1.54) is 25.7 Å². The van der Waals surface area contributed by atoms with Crippen molar-refractivity contribution in [1.29, 1.82) is 0 Å². The fourth-order valence-electron chi connectivity index (χ4n) is 6.69. The molecule has 0 aromatic carbocycles. The first-order chi connectivity index (χ1) is 16.0. The summed E-state index contributed by atoms with van der Waals surface area (Å²) in [7, 11) is 0. The quantitative estimate of drug-likeness (QED) is 0.374. The Morgan fingerprint density at radius 2 is 1.24 bits per heavy atom. The van der Waals surface area contributed by atoms with Gasteiger partial charge in [-0.2, -0.15) is 8.78 Å². The fraction of sp³-hybridized carbons (Fsp3) is 1.00. The highest BCUT2D eigenvalue weighted by Gasteiger charge is 2.57. The van der Waals surface area contributed by atoms with E-state index in [4.69, 9.17) is 4.74 Å². The van der Waals surface area contributed by atoms with Gasteiger partial charge in [0.1, 0.15) is 30.6 Å². The van der Waals surface area contributed by atoms with Crippen LogP contribution in [0.2, 0.25) is 0 Å². The van der Waals surface area contributed by atoms with Crippen LogP contribution in [-0.2, 0) is 9.47 Å². The Balaban J connectivity index is 1.29. The fourth-order valence-corrected chi connectivity index (χ4v) is 6.69. The largest absolute Gasteiger partial charge is 0.378 e. The van der Waals surface area contributed by atoms with Crippen molar-refractivity contribution in [3.05, 3.63) is 0 Å². The smallest absolute Gasteiger partial charge is 0.364 e. The Morgan fingerprint density at radius 1 is 0.676 bits per heavy atom. The van der Waals surface area contributed by atoms with Gasteiger partial charge in [-0.15, -0.1) is 0 Å². The molecule has 0 aromatic heterocycles. The van der Waals surface area contributed by atoms with Crippen LogP contribution in [-0.4, -0.2) is 55.8 Å². The van der Waals surface area contributed by atoms with E-state index in [1.807, 2.05) is 0 Å². The zero-order valence-corrected chi connectivity index (χ0v) is 19.7. The van der Waals surface area contributed by atoms with E-state index in [9.17, 15) is 30.7 Å². The summed E-state index contributed by atoms with van der Waals surface area (Å²) in [6.07, 6.45) is -13.3. The zero-order valence-electron chi connectivity index (χ0n) is 19.7. The second kappa shape index (κ2) is 10.8. The van der Waals surface area contributed by atoms with Crippen LogP contribution >= 0.6 is 0 Å². The molecule has 6 atom stereocenters. The van der Waals surface area contributed by atoms with Crippen LogP contribution < -0.4 is 0 Å². The number of halogens is 7. The summed E-state index contributed by atoms with van der Waals surface area (Å²) < 4.78 is 110. The van der Waals surface area contributed by atoms with E-state index >= 15 is 0 Å². The Labute approximate surface area is 197 Å². The predicted octanol–water partition coefficient (Wildman–Crippen LogP) is 7.10. The maximum atomic E-state index is 14.9. The molecule has 0 bridgehead atoms. The molecule has 2 nitrogen and oxygen atoms in total. The van der Waals surface area contributed by atoms with Crippen LogP contribution in [0.25, 0.3) is 0 Å². The third kappa shape index (κ3) is 5.87. The summed E-state index contributed by atoms with van der Waals surface area (Å²) >= 11 is 0. The maximum absolute atomic E-state index is 14.9. The topological polar surface area (TPSA) is 18.5 Å². The van der Waals surface area contributed by atoms with E-state index in [0.717, 1.165) is 12.3 Å². The first kappa shape index (κ1) is 26.5. The van der Waals surface area contributed by atoms with Gasteiger partial charge in [-0.3, -0.25) is 0 Å². The lowest BCUT2D eigenvalue weighted by molar-refractivity contribution is -0.324. The summed E-state index contributed by atoms with van der Waals surface area (Å²) in [5.74, 6) is -1.05. The lowest BCUT2D eigenvalue weighted by atomic mass is 9.71. The molecule has 34 heavy (non-hydrogen) atoms. The molecule has 1 saturated heterocycles. The van der Waals surface area contributed by atoms with E-state index in [-0.39, 0.29) is 18.9 Å². The number of hydrogen-bond donors (Lipinski definition) is 0. The minimum absolute atomic E-state index is 0.269. The highest BCUT2D eigenvalue weighted by molar-refractivity contribution is 4.96. The van der Waals surface area contributed by atoms with Crippen LogP contribution in [0.4, 0.5) is 30.7 Å². The molecule has 1 aliphatic heterocycles. The molecule has 0 radical (unpaired) electrons. The molecule has 0 N–H and O–H groups in total. The molecule has 4 fully saturated rings. The first-order valence-electron chi connectivity index (χ1n) is 12.9. The molecule has 198 valence electrons. The van der Waals surface area contributed by atoms with Crippen LogP contribution in [0.1, 0.15) is 71.1 Å². The third-order valence-corrected chi connectivity index (χ3v) is 8.81. The SMILES string of the molecule is CC1CCC(C2CCC(C3CC(F)C(C(F)(F)OC4CC(F)C(F)C(F)C4)C(F)C3)OC2)CC1. The average Bonchev–Trinajstić information content (AvgIpc) is 2.77. The highest BCUT2D eigenvalue weighted by atomic mass is 19.3. The van der Waals surface area contributed by atoms with Gasteiger partial charge in [-0.1, -0.05) is 19.8 Å². The van der Waals surface area contributed by atoms with Crippen molar-refractivity contribution in [2.75, 3.05) is 6.61 Å². The lowest BCUT2D eigenvalue weighted by Crippen LogP contribution is -2.52. The molecule has 6 unspecified atom stereocenters. The summed E-state index contributed by atoms with van der Waals surface area (Å²) in [6.45, 7) is 2.81. The Bertz CT molecular complexity index is 627. The van der Waals surface area contributed by atoms with Crippen LogP contribution in [0.15, 0.2) is 0 Å². The second-order valence-corrected chi connectivity index (χ2v) is 11.3. The second-order valence-electron chi connectivity index (χ2n) is 11.3. The van der Waals surface area contributed by atoms with Crippen molar-refractivity contribution in [3.63, 3.8) is 0 Å². The van der Waals surface area contributed by atoms with Gasteiger partial charge in [-0.05, 0) is 62.2 Å². The van der Waals surface area contributed by atoms with Gasteiger partial charge in [0.15, 0.2) is 6.17 Å². The molecule has 0 aromatic rings. The molecule has 3 saturated carbocycles.